The molecule has 0 saturated carbocycles. The lowest BCUT2D eigenvalue weighted by Crippen LogP contribution is -2.46. The highest BCUT2D eigenvalue weighted by Crippen LogP contribution is 2.17. The van der Waals surface area contributed by atoms with Crippen LogP contribution < -0.4 is 11.1 Å². The minimum absolute atomic E-state index is 0.0650. The zero-order valence-corrected chi connectivity index (χ0v) is 16.7. The van der Waals surface area contributed by atoms with Crippen LogP contribution in [-0.4, -0.2) is 68.2 Å². The van der Waals surface area contributed by atoms with E-state index in [4.69, 9.17) is 5.73 Å². The Labute approximate surface area is 160 Å². The second-order valence-electron chi connectivity index (χ2n) is 6.52. The number of likely N-dealkylation sites (tertiary alicyclic amines) is 1. The minimum Gasteiger partial charge on any atom is -0.343 e. The number of amides is 2. The number of hydrogen-bond donors (Lipinski definition) is 2. The van der Waals surface area contributed by atoms with Gasteiger partial charge in [0.05, 0.1) is 11.4 Å². The molecule has 0 aliphatic carbocycles. The summed E-state index contributed by atoms with van der Waals surface area (Å²) in [5.41, 5.74) is 6.03. The van der Waals surface area contributed by atoms with Gasteiger partial charge in [0, 0.05) is 37.8 Å². The smallest absolute Gasteiger partial charge is 0.251 e. The molecule has 0 spiro atoms. The van der Waals surface area contributed by atoms with E-state index in [1.807, 2.05) is 0 Å². The summed E-state index contributed by atoms with van der Waals surface area (Å²) in [5, 5.41) is 2.57. The molecular weight excluding hydrogens is 368 g/mol. The van der Waals surface area contributed by atoms with Crippen molar-refractivity contribution in [1.29, 1.82) is 0 Å². The number of carbonyl (C=O) groups excluding carboxylic acids is 2. The van der Waals surface area contributed by atoms with Crippen molar-refractivity contribution in [2.24, 2.45) is 5.73 Å². The highest BCUT2D eigenvalue weighted by atomic mass is 32.2. The molecule has 0 bridgehead atoms. The van der Waals surface area contributed by atoms with Crippen molar-refractivity contribution in [3.8, 4) is 0 Å². The van der Waals surface area contributed by atoms with E-state index in [1.54, 1.807) is 18.7 Å². The van der Waals surface area contributed by atoms with Gasteiger partial charge in [-0.15, -0.1) is 0 Å². The molecule has 27 heavy (non-hydrogen) atoms. The Hall–Kier alpha value is -1.97. The third-order valence-corrected chi connectivity index (χ3v) is 6.78. The first-order valence-corrected chi connectivity index (χ1v) is 10.6. The lowest BCUT2D eigenvalue weighted by atomic mass is 10.1. The number of nitrogens with zero attached hydrogens (tertiary/aromatic N) is 2. The van der Waals surface area contributed by atoms with Crippen molar-refractivity contribution >= 4 is 21.8 Å². The zero-order chi connectivity index (χ0) is 20.0. The fourth-order valence-electron chi connectivity index (χ4n) is 3.03. The molecule has 0 radical (unpaired) electrons. The van der Waals surface area contributed by atoms with Gasteiger partial charge in [-0.05, 0) is 31.0 Å². The fraction of sp³-hybridized carbons (Fsp3) is 0.556. The Kier molecular flexibility index (Phi) is 7.34. The molecule has 0 atom stereocenters. The van der Waals surface area contributed by atoms with Crippen molar-refractivity contribution in [2.75, 3.05) is 32.7 Å². The molecule has 2 amide bonds. The monoisotopic (exact) mass is 396 g/mol. The first kappa shape index (κ1) is 21.3. The van der Waals surface area contributed by atoms with Crippen LogP contribution in [0.25, 0.3) is 0 Å². The standard InChI is InChI=1S/C18H28N4O4S/c1-3-22(4-2)27(25,26)16-7-5-6-14(12-16)18(24)20-13-17(23)21-10-8-15(19)9-11-21/h5-7,12,15H,3-4,8-11,13,19H2,1-2H3,(H,20,24). The summed E-state index contributed by atoms with van der Waals surface area (Å²) in [6, 6.07) is 5.99. The molecule has 8 nitrogen and oxygen atoms in total. The van der Waals surface area contributed by atoms with E-state index in [-0.39, 0.29) is 29.0 Å². The summed E-state index contributed by atoms with van der Waals surface area (Å²) in [6.45, 7) is 5.28. The van der Waals surface area contributed by atoms with Crippen LogP contribution in [-0.2, 0) is 14.8 Å². The molecule has 2 rings (SSSR count). The fourth-order valence-corrected chi connectivity index (χ4v) is 4.53. The average Bonchev–Trinajstić information content (AvgIpc) is 2.67. The number of sulfonamides is 1. The predicted octanol–water partition coefficient (Wildman–Crippen LogP) is 0.397. The van der Waals surface area contributed by atoms with Crippen molar-refractivity contribution < 1.29 is 18.0 Å². The highest BCUT2D eigenvalue weighted by Gasteiger charge is 2.23. The normalized spacial score (nSPS) is 15.8. The van der Waals surface area contributed by atoms with Crippen LogP contribution in [0.3, 0.4) is 0 Å². The van der Waals surface area contributed by atoms with Crippen LogP contribution >= 0.6 is 0 Å². The highest BCUT2D eigenvalue weighted by molar-refractivity contribution is 7.89. The van der Waals surface area contributed by atoms with E-state index in [0.717, 1.165) is 12.8 Å². The summed E-state index contributed by atoms with van der Waals surface area (Å²) in [5.74, 6) is -0.643. The summed E-state index contributed by atoms with van der Waals surface area (Å²) in [4.78, 5) is 26.3. The maximum absolute atomic E-state index is 12.6. The Morgan fingerprint density at radius 1 is 1.22 bits per heavy atom. The molecule has 0 unspecified atom stereocenters. The number of nitrogens with one attached hydrogen (secondary N) is 1. The van der Waals surface area contributed by atoms with Gasteiger partial charge in [-0.2, -0.15) is 4.31 Å². The van der Waals surface area contributed by atoms with Crippen LogP contribution in [0.5, 0.6) is 0 Å². The van der Waals surface area contributed by atoms with Gasteiger partial charge in [0.25, 0.3) is 5.91 Å². The number of hydrogen-bond acceptors (Lipinski definition) is 5. The zero-order valence-electron chi connectivity index (χ0n) is 15.8. The maximum atomic E-state index is 12.6. The molecule has 0 aromatic heterocycles. The van der Waals surface area contributed by atoms with E-state index in [2.05, 4.69) is 5.32 Å². The van der Waals surface area contributed by atoms with E-state index in [0.29, 0.717) is 26.2 Å². The van der Waals surface area contributed by atoms with Crippen LogP contribution in [0.2, 0.25) is 0 Å². The van der Waals surface area contributed by atoms with Gasteiger partial charge < -0.3 is 16.0 Å². The molecule has 1 fully saturated rings. The molecule has 1 aromatic rings. The van der Waals surface area contributed by atoms with Crippen LogP contribution in [0.4, 0.5) is 0 Å². The first-order valence-electron chi connectivity index (χ1n) is 9.21. The van der Waals surface area contributed by atoms with Crippen molar-refractivity contribution in [1.82, 2.24) is 14.5 Å². The van der Waals surface area contributed by atoms with Crippen LogP contribution in [0.1, 0.15) is 37.0 Å². The van der Waals surface area contributed by atoms with E-state index in [9.17, 15) is 18.0 Å². The van der Waals surface area contributed by atoms with Gasteiger partial charge in [0.2, 0.25) is 15.9 Å². The van der Waals surface area contributed by atoms with Crippen LogP contribution in [0, 0.1) is 0 Å². The van der Waals surface area contributed by atoms with E-state index < -0.39 is 15.9 Å². The largest absolute Gasteiger partial charge is 0.343 e. The molecule has 1 aliphatic heterocycles. The second-order valence-corrected chi connectivity index (χ2v) is 8.46. The SMILES string of the molecule is CCN(CC)S(=O)(=O)c1cccc(C(=O)NCC(=O)N2CCC(N)CC2)c1. The molecule has 9 heteroatoms. The number of benzene rings is 1. The van der Waals surface area contributed by atoms with Crippen molar-refractivity contribution in [3.05, 3.63) is 29.8 Å². The lowest BCUT2D eigenvalue weighted by molar-refractivity contribution is -0.131. The quantitative estimate of drug-likeness (QED) is 0.693. The summed E-state index contributed by atoms with van der Waals surface area (Å²) >= 11 is 0. The molecular formula is C18H28N4O4S. The summed E-state index contributed by atoms with van der Waals surface area (Å²) in [7, 11) is -3.64. The predicted molar refractivity (Wildman–Crippen MR) is 103 cm³/mol. The van der Waals surface area contributed by atoms with Gasteiger partial charge in [0.15, 0.2) is 0 Å². The van der Waals surface area contributed by atoms with E-state index in [1.165, 1.54) is 28.6 Å². The van der Waals surface area contributed by atoms with Crippen molar-refractivity contribution in [2.45, 2.75) is 37.6 Å². The second kappa shape index (κ2) is 9.29. The maximum Gasteiger partial charge on any atom is 0.251 e. The summed E-state index contributed by atoms with van der Waals surface area (Å²) in [6.07, 6.45) is 1.51. The van der Waals surface area contributed by atoms with E-state index >= 15 is 0 Å². The minimum atomic E-state index is -3.64. The summed E-state index contributed by atoms with van der Waals surface area (Å²) < 4.78 is 26.5. The van der Waals surface area contributed by atoms with Gasteiger partial charge in [-0.3, -0.25) is 9.59 Å². The Balaban J connectivity index is 2.02. The Morgan fingerprint density at radius 3 is 2.44 bits per heavy atom. The molecule has 1 aromatic carbocycles. The molecule has 1 heterocycles. The lowest BCUT2D eigenvalue weighted by Gasteiger charge is -2.30. The molecule has 3 N–H and O–H groups in total. The molecule has 1 saturated heterocycles. The number of rotatable bonds is 7. The van der Waals surface area contributed by atoms with Crippen molar-refractivity contribution in [3.63, 3.8) is 0 Å². The van der Waals surface area contributed by atoms with Gasteiger partial charge in [0.1, 0.15) is 0 Å². The Morgan fingerprint density at radius 2 is 1.85 bits per heavy atom. The van der Waals surface area contributed by atoms with Gasteiger partial charge in [-0.1, -0.05) is 19.9 Å². The van der Waals surface area contributed by atoms with Gasteiger partial charge in [-0.25, -0.2) is 8.42 Å². The number of nitrogens with two attached hydrogens (primary N) is 1. The first-order chi connectivity index (χ1) is 12.8. The topological polar surface area (TPSA) is 113 Å². The third-order valence-electron chi connectivity index (χ3n) is 4.73. The molecule has 1 aliphatic rings. The number of carbonyl (C=O) groups is 2. The molecule has 150 valence electrons. The Bertz CT molecular complexity index is 769. The van der Waals surface area contributed by atoms with Gasteiger partial charge >= 0.3 is 0 Å². The third kappa shape index (κ3) is 5.27. The van der Waals surface area contributed by atoms with Crippen LogP contribution in [0.15, 0.2) is 29.2 Å². The number of piperidine rings is 1. The average molecular weight is 397 g/mol.